The van der Waals surface area contributed by atoms with Crippen LogP contribution in [0.4, 0.5) is 0 Å². The Bertz CT molecular complexity index is 538. The van der Waals surface area contributed by atoms with Crippen molar-refractivity contribution in [1.82, 2.24) is 20.9 Å². The molecule has 1 saturated heterocycles. The molecule has 6 nitrogen and oxygen atoms in total. The van der Waals surface area contributed by atoms with Gasteiger partial charge >= 0.3 is 0 Å². The Morgan fingerprint density at radius 2 is 2.20 bits per heavy atom. The van der Waals surface area contributed by atoms with Crippen LogP contribution in [0.5, 0.6) is 0 Å². The Hall–Kier alpha value is -1.60. The van der Waals surface area contributed by atoms with E-state index in [1.54, 1.807) is 18.4 Å². The van der Waals surface area contributed by atoms with Crippen molar-refractivity contribution in [2.75, 3.05) is 39.8 Å². The van der Waals surface area contributed by atoms with E-state index >= 15 is 0 Å². The zero-order chi connectivity index (χ0) is 18.1. The highest BCUT2D eigenvalue weighted by molar-refractivity contribution is 7.07. The van der Waals surface area contributed by atoms with E-state index in [0.29, 0.717) is 18.5 Å². The van der Waals surface area contributed by atoms with Crippen LogP contribution < -0.4 is 16.0 Å². The van der Waals surface area contributed by atoms with Gasteiger partial charge in [-0.25, -0.2) is 0 Å². The highest BCUT2D eigenvalue weighted by Crippen LogP contribution is 2.18. The number of likely N-dealkylation sites (tertiary alicyclic amines) is 1. The molecule has 1 amide bonds. The van der Waals surface area contributed by atoms with E-state index in [0.717, 1.165) is 45.0 Å². The van der Waals surface area contributed by atoms with E-state index in [1.807, 2.05) is 0 Å². The monoisotopic (exact) mass is 365 g/mol. The molecule has 0 aliphatic carbocycles. The fourth-order valence-corrected chi connectivity index (χ4v) is 3.70. The van der Waals surface area contributed by atoms with Gasteiger partial charge in [-0.3, -0.25) is 14.7 Å². The van der Waals surface area contributed by atoms with Crippen LogP contribution in [0.25, 0.3) is 0 Å². The lowest BCUT2D eigenvalue weighted by Gasteiger charge is -2.32. The standard InChI is InChI=1S/C18H31N5OS/c1-4-20-18(21-11-14(2)15-7-10-25-13-15)22-16-5-8-23(9-6-16)12-17(24)19-3/h7,10,13-14,16H,4-6,8-9,11-12H2,1-3H3,(H,19,24)(H2,20,21,22). The van der Waals surface area contributed by atoms with Crippen molar-refractivity contribution in [3.63, 3.8) is 0 Å². The molecule has 0 saturated carbocycles. The number of nitrogens with one attached hydrogen (secondary N) is 3. The Morgan fingerprint density at radius 3 is 2.80 bits per heavy atom. The number of rotatable bonds is 7. The number of amides is 1. The van der Waals surface area contributed by atoms with E-state index < -0.39 is 0 Å². The minimum absolute atomic E-state index is 0.0868. The van der Waals surface area contributed by atoms with Crippen LogP contribution in [0, 0.1) is 0 Å². The SMILES string of the molecule is CCNC(=NCC(C)c1ccsc1)NC1CCN(CC(=O)NC)CC1. The molecule has 3 N–H and O–H groups in total. The van der Waals surface area contributed by atoms with Crippen LogP contribution in [0.2, 0.25) is 0 Å². The Morgan fingerprint density at radius 1 is 1.44 bits per heavy atom. The Kier molecular flexibility index (Phi) is 8.21. The van der Waals surface area contributed by atoms with E-state index in [9.17, 15) is 4.79 Å². The molecule has 1 aliphatic rings. The zero-order valence-electron chi connectivity index (χ0n) is 15.5. The number of likely N-dealkylation sites (N-methyl/N-ethyl adjacent to an activating group) is 1. The van der Waals surface area contributed by atoms with Gasteiger partial charge in [0.05, 0.1) is 6.54 Å². The van der Waals surface area contributed by atoms with Gasteiger partial charge in [0.1, 0.15) is 0 Å². The molecule has 1 aliphatic heterocycles. The zero-order valence-corrected chi connectivity index (χ0v) is 16.4. The largest absolute Gasteiger partial charge is 0.358 e. The fourth-order valence-electron chi connectivity index (χ4n) is 2.92. The van der Waals surface area contributed by atoms with Crippen LogP contribution in [-0.2, 0) is 4.79 Å². The van der Waals surface area contributed by atoms with Crippen molar-refractivity contribution in [1.29, 1.82) is 0 Å². The summed E-state index contributed by atoms with van der Waals surface area (Å²) in [7, 11) is 1.69. The summed E-state index contributed by atoms with van der Waals surface area (Å²) in [6.45, 7) is 8.31. The van der Waals surface area contributed by atoms with Crippen LogP contribution in [0.3, 0.4) is 0 Å². The van der Waals surface area contributed by atoms with Gasteiger partial charge in [0, 0.05) is 45.2 Å². The molecule has 0 spiro atoms. The molecule has 1 fully saturated rings. The number of nitrogens with zero attached hydrogens (tertiary/aromatic N) is 2. The van der Waals surface area contributed by atoms with Crippen molar-refractivity contribution >= 4 is 23.2 Å². The first-order valence-corrected chi connectivity index (χ1v) is 10.1. The molecule has 2 rings (SSSR count). The second-order valence-electron chi connectivity index (χ2n) is 6.55. The first-order valence-electron chi connectivity index (χ1n) is 9.12. The number of thiophene rings is 1. The highest BCUT2D eigenvalue weighted by Gasteiger charge is 2.21. The Balaban J connectivity index is 1.81. The maximum Gasteiger partial charge on any atom is 0.233 e. The molecule has 0 bridgehead atoms. The molecule has 1 aromatic rings. The van der Waals surface area contributed by atoms with E-state index in [1.165, 1.54) is 5.56 Å². The van der Waals surface area contributed by atoms with Gasteiger partial charge in [0.2, 0.25) is 5.91 Å². The summed E-state index contributed by atoms with van der Waals surface area (Å²) in [5.41, 5.74) is 1.35. The first-order chi connectivity index (χ1) is 12.1. The third-order valence-electron chi connectivity index (χ3n) is 4.55. The number of hydrogen-bond acceptors (Lipinski definition) is 4. The van der Waals surface area contributed by atoms with E-state index in [4.69, 9.17) is 4.99 Å². The van der Waals surface area contributed by atoms with Crippen molar-refractivity contribution in [3.8, 4) is 0 Å². The average molecular weight is 366 g/mol. The molecule has 0 aromatic carbocycles. The number of carbonyl (C=O) groups excluding carboxylic acids is 1. The van der Waals surface area contributed by atoms with Gasteiger partial charge in [-0.15, -0.1) is 0 Å². The number of piperidine rings is 1. The molecular formula is C18H31N5OS. The molecule has 0 radical (unpaired) electrons. The Labute approximate surface area is 155 Å². The minimum Gasteiger partial charge on any atom is -0.358 e. The van der Waals surface area contributed by atoms with Crippen molar-refractivity contribution in [2.24, 2.45) is 4.99 Å². The van der Waals surface area contributed by atoms with Gasteiger partial charge in [0.15, 0.2) is 5.96 Å². The van der Waals surface area contributed by atoms with Gasteiger partial charge in [0.25, 0.3) is 0 Å². The molecular weight excluding hydrogens is 334 g/mol. The summed E-state index contributed by atoms with van der Waals surface area (Å²) in [6, 6.07) is 2.59. The summed E-state index contributed by atoms with van der Waals surface area (Å²) in [5, 5.41) is 13.9. The smallest absolute Gasteiger partial charge is 0.233 e. The quantitative estimate of drug-likeness (QED) is 0.507. The van der Waals surface area contributed by atoms with Crippen LogP contribution in [0.1, 0.15) is 38.2 Å². The second-order valence-corrected chi connectivity index (χ2v) is 7.33. The predicted octanol–water partition coefficient (Wildman–Crippen LogP) is 1.62. The van der Waals surface area contributed by atoms with Gasteiger partial charge in [-0.1, -0.05) is 6.92 Å². The molecule has 1 atom stereocenters. The van der Waals surface area contributed by atoms with Gasteiger partial charge < -0.3 is 16.0 Å². The molecule has 140 valence electrons. The average Bonchev–Trinajstić information content (AvgIpc) is 3.16. The lowest BCUT2D eigenvalue weighted by atomic mass is 10.0. The van der Waals surface area contributed by atoms with Gasteiger partial charge in [-0.05, 0) is 42.2 Å². The van der Waals surface area contributed by atoms with Crippen molar-refractivity contribution in [2.45, 2.75) is 38.6 Å². The van der Waals surface area contributed by atoms with E-state index in [-0.39, 0.29) is 5.91 Å². The number of hydrogen-bond donors (Lipinski definition) is 3. The maximum absolute atomic E-state index is 11.5. The minimum atomic E-state index is 0.0868. The second kappa shape index (κ2) is 10.4. The summed E-state index contributed by atoms with van der Waals surface area (Å²) in [5.74, 6) is 1.41. The van der Waals surface area contributed by atoms with Crippen molar-refractivity contribution < 1.29 is 4.79 Å². The van der Waals surface area contributed by atoms with Crippen LogP contribution in [-0.4, -0.2) is 62.6 Å². The van der Waals surface area contributed by atoms with Crippen LogP contribution in [0.15, 0.2) is 21.8 Å². The van der Waals surface area contributed by atoms with Crippen LogP contribution >= 0.6 is 11.3 Å². The third-order valence-corrected chi connectivity index (χ3v) is 5.26. The molecule has 25 heavy (non-hydrogen) atoms. The number of guanidine groups is 1. The summed E-state index contributed by atoms with van der Waals surface area (Å²) >= 11 is 1.73. The van der Waals surface area contributed by atoms with E-state index in [2.05, 4.69) is 51.5 Å². The fraction of sp³-hybridized carbons (Fsp3) is 0.667. The predicted molar refractivity (Wildman–Crippen MR) is 105 cm³/mol. The molecule has 2 heterocycles. The maximum atomic E-state index is 11.5. The number of aliphatic imine (C=N–C) groups is 1. The third kappa shape index (κ3) is 6.66. The molecule has 7 heteroatoms. The summed E-state index contributed by atoms with van der Waals surface area (Å²) in [4.78, 5) is 18.4. The molecule has 1 unspecified atom stereocenters. The highest BCUT2D eigenvalue weighted by atomic mass is 32.1. The number of carbonyl (C=O) groups is 1. The normalized spacial score (nSPS) is 18.0. The first kappa shape index (κ1) is 19.7. The molecule has 1 aromatic heterocycles. The topological polar surface area (TPSA) is 68.8 Å². The lowest BCUT2D eigenvalue weighted by molar-refractivity contribution is -0.122. The van der Waals surface area contributed by atoms with Crippen molar-refractivity contribution in [3.05, 3.63) is 22.4 Å². The van der Waals surface area contributed by atoms with Gasteiger partial charge in [-0.2, -0.15) is 11.3 Å². The summed E-state index contributed by atoms with van der Waals surface area (Å²) in [6.07, 6.45) is 2.06. The lowest BCUT2D eigenvalue weighted by Crippen LogP contribution is -2.50. The summed E-state index contributed by atoms with van der Waals surface area (Å²) < 4.78 is 0.